The largest absolute Gasteiger partial charge is 0.363 e. The number of rotatable bonds is 5. The first-order valence-electron chi connectivity index (χ1n) is 4.20. The van der Waals surface area contributed by atoms with Gasteiger partial charge in [0.05, 0.1) is 6.04 Å². The molecule has 0 radical (unpaired) electrons. The quantitative estimate of drug-likeness (QED) is 0.755. The van der Waals surface area contributed by atoms with E-state index in [1.807, 2.05) is 6.26 Å². The van der Waals surface area contributed by atoms with Gasteiger partial charge in [0.15, 0.2) is 5.82 Å². The topological polar surface area (TPSA) is 81.2 Å². The van der Waals surface area contributed by atoms with E-state index in [1.54, 1.807) is 17.8 Å². The fourth-order valence-electron chi connectivity index (χ4n) is 0.872. The zero-order valence-corrected chi connectivity index (χ0v) is 8.71. The van der Waals surface area contributed by atoms with Crippen molar-refractivity contribution in [3.63, 3.8) is 0 Å². The molecule has 0 unspecified atom stereocenters. The summed E-state index contributed by atoms with van der Waals surface area (Å²) in [6.07, 6.45) is 4.02. The molecular weight excluding hydrogens is 202 g/mol. The molecule has 14 heavy (non-hydrogen) atoms. The zero-order chi connectivity index (χ0) is 10.4. The third-order valence-electron chi connectivity index (χ3n) is 1.66. The molecule has 78 valence electrons. The second-order valence-corrected chi connectivity index (χ2v) is 3.75. The van der Waals surface area contributed by atoms with E-state index < -0.39 is 6.04 Å². The average Bonchev–Trinajstić information content (AvgIpc) is 2.66. The lowest BCUT2D eigenvalue weighted by molar-refractivity contribution is -0.117. The summed E-state index contributed by atoms with van der Waals surface area (Å²) in [5.41, 5.74) is 5.64. The number of nitrogens with zero attached hydrogens (tertiary/aromatic N) is 1. The molecule has 0 spiro atoms. The molecule has 0 bridgehead atoms. The van der Waals surface area contributed by atoms with Gasteiger partial charge in [-0.15, -0.1) is 0 Å². The number of amides is 1. The maximum atomic E-state index is 11.4. The molecule has 0 saturated carbocycles. The third-order valence-corrected chi connectivity index (χ3v) is 2.30. The lowest BCUT2D eigenvalue weighted by atomic mass is 10.2. The fraction of sp³-hybridized carbons (Fsp3) is 0.500. The van der Waals surface area contributed by atoms with Crippen LogP contribution in [0.4, 0.5) is 5.82 Å². The van der Waals surface area contributed by atoms with Gasteiger partial charge in [0.25, 0.3) is 0 Å². The molecule has 0 aliphatic heterocycles. The van der Waals surface area contributed by atoms with Crippen LogP contribution < -0.4 is 11.1 Å². The Morgan fingerprint density at radius 1 is 1.86 bits per heavy atom. The van der Waals surface area contributed by atoms with Crippen molar-refractivity contribution in [2.24, 2.45) is 5.73 Å². The van der Waals surface area contributed by atoms with Gasteiger partial charge in [-0.25, -0.2) is 0 Å². The second-order valence-electron chi connectivity index (χ2n) is 2.76. The Hall–Kier alpha value is -1.01. The van der Waals surface area contributed by atoms with Crippen molar-refractivity contribution in [2.75, 3.05) is 17.3 Å². The van der Waals surface area contributed by atoms with Crippen molar-refractivity contribution >= 4 is 23.5 Å². The molecule has 1 heterocycles. The zero-order valence-electron chi connectivity index (χ0n) is 7.90. The van der Waals surface area contributed by atoms with Gasteiger partial charge in [-0.2, -0.15) is 11.8 Å². The standard InChI is InChI=1S/C8H13N3O2S/c1-14-5-3-6(9)8(12)10-7-2-4-13-11-7/h2,4,6H,3,5,9H2,1H3,(H,10,11,12)/t6-/m0/s1. The van der Waals surface area contributed by atoms with Crippen molar-refractivity contribution in [3.8, 4) is 0 Å². The Kier molecular flexibility index (Phi) is 4.48. The predicted octanol–water partition coefficient (Wildman–Crippen LogP) is 0.693. The fourth-order valence-corrected chi connectivity index (χ4v) is 1.36. The number of anilines is 1. The first-order valence-corrected chi connectivity index (χ1v) is 5.59. The van der Waals surface area contributed by atoms with Crippen LogP contribution in [0.5, 0.6) is 0 Å². The number of nitrogens with one attached hydrogen (secondary N) is 1. The summed E-state index contributed by atoms with van der Waals surface area (Å²) in [6.45, 7) is 0. The Morgan fingerprint density at radius 3 is 3.21 bits per heavy atom. The molecule has 1 atom stereocenters. The highest BCUT2D eigenvalue weighted by Crippen LogP contribution is 2.04. The normalized spacial score (nSPS) is 12.4. The molecule has 1 aromatic rings. The molecule has 1 amide bonds. The van der Waals surface area contributed by atoms with Crippen molar-refractivity contribution in [1.29, 1.82) is 0 Å². The van der Waals surface area contributed by atoms with Gasteiger partial charge in [0.1, 0.15) is 6.26 Å². The van der Waals surface area contributed by atoms with Crippen molar-refractivity contribution < 1.29 is 9.32 Å². The minimum absolute atomic E-state index is 0.229. The van der Waals surface area contributed by atoms with E-state index in [4.69, 9.17) is 5.73 Å². The minimum atomic E-state index is -0.487. The Balaban J connectivity index is 2.34. The van der Waals surface area contributed by atoms with Crippen LogP contribution in [0.25, 0.3) is 0 Å². The summed E-state index contributed by atoms with van der Waals surface area (Å²) >= 11 is 1.66. The van der Waals surface area contributed by atoms with E-state index in [0.717, 1.165) is 5.75 Å². The number of thioether (sulfide) groups is 1. The van der Waals surface area contributed by atoms with Gasteiger partial charge in [0.2, 0.25) is 5.91 Å². The van der Waals surface area contributed by atoms with Gasteiger partial charge >= 0.3 is 0 Å². The highest BCUT2D eigenvalue weighted by Gasteiger charge is 2.13. The van der Waals surface area contributed by atoms with Gasteiger partial charge < -0.3 is 15.6 Å². The third kappa shape index (κ3) is 3.39. The summed E-state index contributed by atoms with van der Waals surface area (Å²) < 4.78 is 4.57. The molecule has 5 nitrogen and oxygen atoms in total. The van der Waals surface area contributed by atoms with Crippen molar-refractivity contribution in [3.05, 3.63) is 12.3 Å². The maximum Gasteiger partial charge on any atom is 0.242 e. The van der Waals surface area contributed by atoms with Crippen LogP contribution in [-0.2, 0) is 4.79 Å². The van der Waals surface area contributed by atoms with Crippen LogP contribution in [0.15, 0.2) is 16.9 Å². The lowest BCUT2D eigenvalue weighted by Crippen LogP contribution is -2.36. The molecule has 0 aromatic carbocycles. The molecule has 6 heteroatoms. The summed E-state index contributed by atoms with van der Waals surface area (Å²) in [6, 6.07) is 1.08. The summed E-state index contributed by atoms with van der Waals surface area (Å²) in [7, 11) is 0. The monoisotopic (exact) mass is 215 g/mol. The van der Waals surface area contributed by atoms with E-state index in [2.05, 4.69) is 15.0 Å². The van der Waals surface area contributed by atoms with Crippen LogP contribution in [0.2, 0.25) is 0 Å². The summed E-state index contributed by atoms with van der Waals surface area (Å²) in [5, 5.41) is 6.10. The number of nitrogens with two attached hydrogens (primary N) is 1. The van der Waals surface area contributed by atoms with E-state index in [-0.39, 0.29) is 5.91 Å². The smallest absolute Gasteiger partial charge is 0.242 e. The van der Waals surface area contributed by atoms with Gasteiger partial charge in [-0.1, -0.05) is 5.16 Å². The van der Waals surface area contributed by atoms with E-state index >= 15 is 0 Å². The number of aromatic nitrogens is 1. The Labute approximate surface area is 86.4 Å². The molecule has 1 rings (SSSR count). The SMILES string of the molecule is CSCC[C@H](N)C(=O)Nc1ccon1. The highest BCUT2D eigenvalue weighted by atomic mass is 32.2. The van der Waals surface area contributed by atoms with Crippen LogP contribution >= 0.6 is 11.8 Å². The summed E-state index contributed by atoms with van der Waals surface area (Å²) in [5.74, 6) is 1.04. The first-order chi connectivity index (χ1) is 6.74. The molecule has 0 saturated heterocycles. The molecule has 1 aromatic heterocycles. The molecule has 0 aliphatic carbocycles. The van der Waals surface area contributed by atoms with Gasteiger partial charge in [0, 0.05) is 6.07 Å². The summed E-state index contributed by atoms with van der Waals surface area (Å²) in [4.78, 5) is 11.4. The molecular formula is C8H13N3O2S. The molecule has 0 fully saturated rings. The van der Waals surface area contributed by atoms with E-state index in [1.165, 1.54) is 6.26 Å². The predicted molar refractivity (Wildman–Crippen MR) is 56.1 cm³/mol. The number of carbonyl (C=O) groups is 1. The number of carbonyl (C=O) groups excluding carboxylic acids is 1. The van der Waals surface area contributed by atoms with E-state index in [0.29, 0.717) is 12.2 Å². The number of hydrogen-bond donors (Lipinski definition) is 2. The van der Waals surface area contributed by atoms with Crippen LogP contribution in [0.1, 0.15) is 6.42 Å². The lowest BCUT2D eigenvalue weighted by Gasteiger charge is -2.08. The van der Waals surface area contributed by atoms with Crippen LogP contribution in [0.3, 0.4) is 0 Å². The molecule has 0 aliphatic rings. The Bertz CT molecular complexity index is 276. The minimum Gasteiger partial charge on any atom is -0.363 e. The van der Waals surface area contributed by atoms with E-state index in [9.17, 15) is 4.79 Å². The van der Waals surface area contributed by atoms with Crippen LogP contribution in [0, 0.1) is 0 Å². The van der Waals surface area contributed by atoms with Crippen LogP contribution in [-0.4, -0.2) is 29.1 Å². The van der Waals surface area contributed by atoms with Crippen molar-refractivity contribution in [2.45, 2.75) is 12.5 Å². The average molecular weight is 215 g/mol. The number of hydrogen-bond acceptors (Lipinski definition) is 5. The maximum absolute atomic E-state index is 11.4. The first kappa shape index (κ1) is 11.1. The van der Waals surface area contributed by atoms with Gasteiger partial charge in [-0.05, 0) is 18.4 Å². The molecule has 3 N–H and O–H groups in total. The van der Waals surface area contributed by atoms with Crippen molar-refractivity contribution in [1.82, 2.24) is 5.16 Å². The van der Waals surface area contributed by atoms with Gasteiger partial charge in [-0.3, -0.25) is 4.79 Å². The Morgan fingerprint density at radius 2 is 2.64 bits per heavy atom. The second kappa shape index (κ2) is 5.66. The highest BCUT2D eigenvalue weighted by molar-refractivity contribution is 7.98.